The highest BCUT2D eigenvalue weighted by Crippen LogP contribution is 2.40. The molecule has 0 bridgehead atoms. The minimum absolute atomic E-state index is 0.125. The summed E-state index contributed by atoms with van der Waals surface area (Å²) < 4.78 is 1.93. The Bertz CT molecular complexity index is 839. The van der Waals surface area contributed by atoms with Crippen molar-refractivity contribution < 1.29 is 0 Å². The van der Waals surface area contributed by atoms with Gasteiger partial charge in [-0.05, 0) is 25.0 Å². The van der Waals surface area contributed by atoms with E-state index in [1.54, 1.807) is 0 Å². The third-order valence-corrected chi connectivity index (χ3v) is 4.44. The highest BCUT2D eigenvalue weighted by molar-refractivity contribution is 7.98. The van der Waals surface area contributed by atoms with E-state index in [-0.39, 0.29) is 11.9 Å². The van der Waals surface area contributed by atoms with Crippen LogP contribution in [0.15, 0.2) is 35.5 Å². The molecule has 0 saturated heterocycles. The van der Waals surface area contributed by atoms with Gasteiger partial charge in [-0.15, -0.1) is 5.10 Å². The van der Waals surface area contributed by atoms with Crippen molar-refractivity contribution in [1.82, 2.24) is 29.7 Å². The number of para-hydroxylation sites is 1. The van der Waals surface area contributed by atoms with E-state index in [0.717, 1.165) is 24.4 Å². The molecule has 9 heteroatoms. The van der Waals surface area contributed by atoms with Crippen molar-refractivity contribution in [3.63, 3.8) is 0 Å². The maximum Gasteiger partial charge on any atom is 0.225 e. The third-order valence-electron chi connectivity index (χ3n) is 3.60. The zero-order valence-electron chi connectivity index (χ0n) is 12.8. The molecule has 24 heavy (non-hydrogen) atoms. The molecule has 0 spiro atoms. The monoisotopic (exact) mass is 340 g/mol. The van der Waals surface area contributed by atoms with E-state index in [1.165, 1.54) is 11.8 Å². The molecule has 2 aromatic heterocycles. The van der Waals surface area contributed by atoms with Crippen molar-refractivity contribution >= 4 is 23.7 Å². The van der Waals surface area contributed by atoms with Crippen LogP contribution in [-0.4, -0.2) is 29.7 Å². The highest BCUT2D eigenvalue weighted by atomic mass is 32.2. The van der Waals surface area contributed by atoms with E-state index in [9.17, 15) is 0 Å². The summed E-state index contributed by atoms with van der Waals surface area (Å²) in [7, 11) is 0. The van der Waals surface area contributed by atoms with Crippen LogP contribution in [0.25, 0.3) is 5.69 Å². The first-order valence-corrected chi connectivity index (χ1v) is 8.58. The molecule has 122 valence electrons. The van der Waals surface area contributed by atoms with Gasteiger partial charge in [0.05, 0.1) is 11.4 Å². The number of hydrogen-bond acceptors (Lipinski definition) is 8. The van der Waals surface area contributed by atoms with Crippen LogP contribution in [0.1, 0.15) is 30.4 Å². The SMILES string of the molecule is Nc1nc(N)nc(CSc2nc(C3CC3)n(-c3ccccc3)n2)n1. The van der Waals surface area contributed by atoms with Crippen molar-refractivity contribution in [3.05, 3.63) is 42.0 Å². The van der Waals surface area contributed by atoms with Gasteiger partial charge < -0.3 is 11.5 Å². The Morgan fingerprint density at radius 1 is 1.00 bits per heavy atom. The van der Waals surface area contributed by atoms with Gasteiger partial charge in [-0.2, -0.15) is 15.0 Å². The summed E-state index contributed by atoms with van der Waals surface area (Å²) in [5, 5.41) is 5.33. The predicted octanol–water partition coefficient (Wildman–Crippen LogP) is 1.79. The molecule has 0 unspecified atom stereocenters. The van der Waals surface area contributed by atoms with E-state index >= 15 is 0 Å². The molecule has 3 aromatic rings. The van der Waals surface area contributed by atoms with Gasteiger partial charge in [0.2, 0.25) is 17.1 Å². The first-order chi connectivity index (χ1) is 11.7. The van der Waals surface area contributed by atoms with Crippen LogP contribution in [0.5, 0.6) is 0 Å². The zero-order chi connectivity index (χ0) is 16.5. The lowest BCUT2D eigenvalue weighted by Crippen LogP contribution is -2.06. The van der Waals surface area contributed by atoms with Gasteiger partial charge in [-0.25, -0.2) is 9.67 Å². The lowest BCUT2D eigenvalue weighted by Gasteiger charge is -2.03. The van der Waals surface area contributed by atoms with E-state index in [2.05, 4.69) is 25.0 Å². The van der Waals surface area contributed by atoms with Crippen molar-refractivity contribution in [1.29, 1.82) is 0 Å². The second-order valence-electron chi connectivity index (χ2n) is 5.53. The maximum atomic E-state index is 5.59. The van der Waals surface area contributed by atoms with Crippen LogP contribution >= 0.6 is 11.8 Å². The number of anilines is 2. The number of hydrogen-bond donors (Lipinski definition) is 2. The van der Waals surface area contributed by atoms with Crippen LogP contribution in [0.4, 0.5) is 11.9 Å². The Balaban J connectivity index is 1.58. The smallest absolute Gasteiger partial charge is 0.225 e. The van der Waals surface area contributed by atoms with E-state index < -0.39 is 0 Å². The summed E-state index contributed by atoms with van der Waals surface area (Å²) >= 11 is 1.46. The maximum absolute atomic E-state index is 5.59. The average molecular weight is 340 g/mol. The van der Waals surface area contributed by atoms with Crippen LogP contribution in [0.3, 0.4) is 0 Å². The number of rotatable bonds is 5. The zero-order valence-corrected chi connectivity index (χ0v) is 13.6. The molecule has 0 amide bonds. The molecular weight excluding hydrogens is 324 g/mol. The topological polar surface area (TPSA) is 121 Å². The molecule has 2 heterocycles. The van der Waals surface area contributed by atoms with Gasteiger partial charge in [0.1, 0.15) is 11.6 Å². The number of benzene rings is 1. The fraction of sp³-hybridized carbons (Fsp3) is 0.267. The number of nitrogen functional groups attached to an aromatic ring is 2. The Morgan fingerprint density at radius 3 is 2.38 bits per heavy atom. The summed E-state index contributed by atoms with van der Waals surface area (Å²) in [6.45, 7) is 0. The molecular formula is C15H16N8S. The second kappa shape index (κ2) is 6.08. The van der Waals surface area contributed by atoms with Crippen molar-refractivity contribution in [2.75, 3.05) is 11.5 Å². The van der Waals surface area contributed by atoms with Crippen molar-refractivity contribution in [2.45, 2.75) is 29.7 Å². The summed E-state index contributed by atoms with van der Waals surface area (Å²) in [4.78, 5) is 16.6. The predicted molar refractivity (Wildman–Crippen MR) is 91.5 cm³/mol. The molecule has 0 radical (unpaired) electrons. The molecule has 4 N–H and O–H groups in total. The van der Waals surface area contributed by atoms with E-state index in [1.807, 2.05) is 35.0 Å². The largest absolute Gasteiger partial charge is 0.368 e. The van der Waals surface area contributed by atoms with Crippen LogP contribution in [0.2, 0.25) is 0 Å². The molecule has 0 atom stereocenters. The Hall–Kier alpha value is -2.68. The standard InChI is InChI=1S/C15H16N8S/c16-13-18-11(19-14(17)21-13)8-24-15-20-12(9-6-7-9)23(22-15)10-4-2-1-3-5-10/h1-5,9H,6-8H2,(H4,16,17,18,19,21). The number of aromatic nitrogens is 6. The number of nitrogens with zero attached hydrogens (tertiary/aromatic N) is 6. The van der Waals surface area contributed by atoms with Gasteiger partial charge in [-0.3, -0.25) is 0 Å². The summed E-state index contributed by atoms with van der Waals surface area (Å²) in [5.74, 6) is 2.77. The van der Waals surface area contributed by atoms with Gasteiger partial charge in [0, 0.05) is 5.92 Å². The molecule has 8 nitrogen and oxygen atoms in total. The van der Waals surface area contributed by atoms with Gasteiger partial charge in [0.25, 0.3) is 0 Å². The minimum Gasteiger partial charge on any atom is -0.368 e. The lowest BCUT2D eigenvalue weighted by molar-refractivity contribution is 0.782. The van der Waals surface area contributed by atoms with Crippen LogP contribution < -0.4 is 11.5 Å². The normalized spacial score (nSPS) is 14.0. The first kappa shape index (κ1) is 14.9. The Labute approximate surface area is 142 Å². The molecule has 1 aliphatic carbocycles. The van der Waals surface area contributed by atoms with Crippen LogP contribution in [-0.2, 0) is 5.75 Å². The van der Waals surface area contributed by atoms with Gasteiger partial charge >= 0.3 is 0 Å². The molecule has 1 aliphatic rings. The fourth-order valence-corrected chi connectivity index (χ4v) is 3.07. The fourth-order valence-electron chi connectivity index (χ4n) is 2.38. The lowest BCUT2D eigenvalue weighted by atomic mass is 10.3. The summed E-state index contributed by atoms with van der Waals surface area (Å²) in [6.07, 6.45) is 2.33. The summed E-state index contributed by atoms with van der Waals surface area (Å²) in [5.41, 5.74) is 12.2. The molecule has 1 saturated carbocycles. The van der Waals surface area contributed by atoms with E-state index in [4.69, 9.17) is 11.5 Å². The first-order valence-electron chi connectivity index (χ1n) is 7.60. The second-order valence-corrected chi connectivity index (χ2v) is 6.47. The van der Waals surface area contributed by atoms with Gasteiger partial charge in [-0.1, -0.05) is 30.0 Å². The quantitative estimate of drug-likeness (QED) is 0.674. The van der Waals surface area contributed by atoms with E-state index in [0.29, 0.717) is 22.7 Å². The van der Waals surface area contributed by atoms with Crippen LogP contribution in [0, 0.1) is 0 Å². The number of thioether (sulfide) groups is 1. The summed E-state index contributed by atoms with van der Waals surface area (Å²) in [6, 6.07) is 10.0. The minimum atomic E-state index is 0.125. The average Bonchev–Trinajstić information content (AvgIpc) is 3.33. The molecule has 1 aromatic carbocycles. The third kappa shape index (κ3) is 3.16. The Morgan fingerprint density at radius 2 is 1.71 bits per heavy atom. The molecule has 1 fully saturated rings. The van der Waals surface area contributed by atoms with Crippen molar-refractivity contribution in [2.24, 2.45) is 0 Å². The highest BCUT2D eigenvalue weighted by Gasteiger charge is 2.30. The Kier molecular flexibility index (Phi) is 3.77. The molecule has 4 rings (SSSR count). The number of nitrogens with two attached hydrogens (primary N) is 2. The van der Waals surface area contributed by atoms with Gasteiger partial charge in [0.15, 0.2) is 0 Å². The molecule has 0 aliphatic heterocycles. The van der Waals surface area contributed by atoms with Crippen molar-refractivity contribution in [3.8, 4) is 5.69 Å².